The van der Waals surface area contributed by atoms with E-state index in [0.717, 1.165) is 11.4 Å². The van der Waals surface area contributed by atoms with Crippen LogP contribution >= 0.6 is 11.8 Å². The van der Waals surface area contributed by atoms with Gasteiger partial charge in [0.15, 0.2) is 0 Å². The Kier molecular flexibility index (Phi) is 5.80. The molecule has 0 aliphatic heterocycles. The maximum absolute atomic E-state index is 8.89. The lowest BCUT2D eigenvalue weighted by atomic mass is 10.1. The number of pyridine rings is 1. The van der Waals surface area contributed by atoms with Gasteiger partial charge in [-0.2, -0.15) is 0 Å². The molecule has 2 N–H and O–H groups in total. The minimum atomic E-state index is 0.234. The third kappa shape index (κ3) is 3.77. The summed E-state index contributed by atoms with van der Waals surface area (Å²) in [6, 6.07) is 4.36. The van der Waals surface area contributed by atoms with Crippen LogP contribution in [-0.2, 0) is 0 Å². The van der Waals surface area contributed by atoms with E-state index in [-0.39, 0.29) is 6.61 Å². The maximum Gasteiger partial charge on any atom is 0.101 e. The van der Waals surface area contributed by atoms with Crippen molar-refractivity contribution < 1.29 is 5.11 Å². The number of aliphatic hydroxyl groups excluding tert-OH is 1. The molecule has 0 bridgehead atoms. The van der Waals surface area contributed by atoms with Crippen LogP contribution in [0.5, 0.6) is 0 Å². The molecule has 1 aromatic heterocycles. The zero-order chi connectivity index (χ0) is 12.0. The van der Waals surface area contributed by atoms with E-state index in [2.05, 4.69) is 30.2 Å². The van der Waals surface area contributed by atoms with E-state index in [1.807, 2.05) is 19.3 Å². The van der Waals surface area contributed by atoms with Crippen molar-refractivity contribution in [3.8, 4) is 0 Å². The molecule has 16 heavy (non-hydrogen) atoms. The highest BCUT2D eigenvalue weighted by molar-refractivity contribution is 7.99. The average Bonchev–Trinajstić information content (AvgIpc) is 2.29. The van der Waals surface area contributed by atoms with Gasteiger partial charge in [0.1, 0.15) is 5.03 Å². The van der Waals surface area contributed by atoms with E-state index in [1.54, 1.807) is 11.8 Å². The van der Waals surface area contributed by atoms with Gasteiger partial charge in [0.2, 0.25) is 0 Å². The number of aliphatic hydroxyl groups is 1. The molecule has 1 rings (SSSR count). The Hall–Kier alpha value is -0.580. The predicted molar refractivity (Wildman–Crippen MR) is 68.7 cm³/mol. The normalized spacial score (nSPS) is 14.8. The van der Waals surface area contributed by atoms with Crippen molar-refractivity contribution >= 4 is 11.8 Å². The highest BCUT2D eigenvalue weighted by Crippen LogP contribution is 2.29. The van der Waals surface area contributed by atoms with Crippen LogP contribution in [0.4, 0.5) is 0 Å². The Morgan fingerprint density at radius 1 is 1.50 bits per heavy atom. The van der Waals surface area contributed by atoms with Crippen LogP contribution < -0.4 is 5.32 Å². The number of nitrogens with one attached hydrogen (secondary N) is 1. The van der Waals surface area contributed by atoms with Crippen molar-refractivity contribution in [3.63, 3.8) is 0 Å². The molecular weight excluding hydrogens is 220 g/mol. The first-order valence-electron chi connectivity index (χ1n) is 5.58. The fraction of sp³-hybridized carbons (Fsp3) is 0.583. The fourth-order valence-electron chi connectivity index (χ4n) is 1.42. The Morgan fingerprint density at radius 2 is 2.25 bits per heavy atom. The molecule has 90 valence electrons. The molecule has 0 spiro atoms. The summed E-state index contributed by atoms with van der Waals surface area (Å²) >= 11 is 1.73. The summed E-state index contributed by atoms with van der Waals surface area (Å²) in [6.07, 6.45) is 2.62. The predicted octanol–water partition coefficient (Wildman–Crippen LogP) is 2.23. The second-order valence-corrected chi connectivity index (χ2v) is 5.28. The Labute approximate surface area is 102 Å². The van der Waals surface area contributed by atoms with Gasteiger partial charge >= 0.3 is 0 Å². The minimum Gasteiger partial charge on any atom is -0.396 e. The van der Waals surface area contributed by atoms with Gasteiger partial charge < -0.3 is 10.4 Å². The molecule has 2 unspecified atom stereocenters. The lowest BCUT2D eigenvalue weighted by Gasteiger charge is -2.16. The van der Waals surface area contributed by atoms with Gasteiger partial charge in [-0.1, -0.05) is 13.0 Å². The molecule has 0 aliphatic rings. The highest BCUT2D eigenvalue weighted by Gasteiger charge is 2.12. The summed E-state index contributed by atoms with van der Waals surface area (Å²) in [6.45, 7) is 4.47. The largest absolute Gasteiger partial charge is 0.396 e. The molecule has 4 heteroatoms. The number of thioether (sulfide) groups is 1. The number of aromatic nitrogens is 1. The van der Waals surface area contributed by atoms with Crippen LogP contribution in [0, 0.1) is 0 Å². The first-order chi connectivity index (χ1) is 7.69. The highest BCUT2D eigenvalue weighted by atomic mass is 32.2. The molecular formula is C12H20N2OS. The van der Waals surface area contributed by atoms with Crippen molar-refractivity contribution in [2.24, 2.45) is 0 Å². The number of hydrogen-bond donors (Lipinski definition) is 2. The SMILES string of the molecule is CNC(C)c1cccnc1SC(C)CCO. The standard InChI is InChI=1S/C12H20N2OS/c1-9(6-8-15)16-12-11(10(2)13-3)5-4-7-14-12/h4-5,7,9-10,13,15H,6,8H2,1-3H3. The van der Waals surface area contributed by atoms with E-state index in [9.17, 15) is 0 Å². The fourth-order valence-corrected chi connectivity index (χ4v) is 2.53. The van der Waals surface area contributed by atoms with Gasteiger partial charge in [-0.3, -0.25) is 0 Å². The molecule has 0 aromatic carbocycles. The molecule has 1 heterocycles. The average molecular weight is 240 g/mol. The van der Waals surface area contributed by atoms with E-state index in [0.29, 0.717) is 11.3 Å². The molecule has 3 nitrogen and oxygen atoms in total. The maximum atomic E-state index is 8.89. The Bertz CT molecular complexity index is 320. The lowest BCUT2D eigenvalue weighted by Crippen LogP contribution is -2.14. The van der Waals surface area contributed by atoms with Crippen LogP contribution in [-0.4, -0.2) is 29.0 Å². The first-order valence-corrected chi connectivity index (χ1v) is 6.46. The van der Waals surface area contributed by atoms with Gasteiger partial charge in [-0.15, -0.1) is 11.8 Å². The summed E-state index contributed by atoms with van der Waals surface area (Å²) in [4.78, 5) is 4.41. The van der Waals surface area contributed by atoms with Crippen molar-refractivity contribution in [3.05, 3.63) is 23.9 Å². The Balaban J connectivity index is 2.78. The van der Waals surface area contributed by atoms with E-state index in [1.165, 1.54) is 5.56 Å². The molecule has 2 atom stereocenters. The lowest BCUT2D eigenvalue weighted by molar-refractivity contribution is 0.289. The summed E-state index contributed by atoms with van der Waals surface area (Å²) in [5.41, 5.74) is 1.22. The van der Waals surface area contributed by atoms with Crippen molar-refractivity contribution in [2.75, 3.05) is 13.7 Å². The third-order valence-electron chi connectivity index (χ3n) is 2.55. The smallest absolute Gasteiger partial charge is 0.101 e. The monoisotopic (exact) mass is 240 g/mol. The van der Waals surface area contributed by atoms with Gasteiger partial charge in [0, 0.05) is 29.7 Å². The summed E-state index contributed by atoms with van der Waals surface area (Å²) < 4.78 is 0. The molecule has 0 fully saturated rings. The molecule has 0 amide bonds. The zero-order valence-electron chi connectivity index (χ0n) is 10.1. The van der Waals surface area contributed by atoms with E-state index in [4.69, 9.17) is 5.11 Å². The van der Waals surface area contributed by atoms with Crippen LogP contribution in [0.15, 0.2) is 23.4 Å². The quantitative estimate of drug-likeness (QED) is 0.748. The number of nitrogens with zero attached hydrogens (tertiary/aromatic N) is 1. The van der Waals surface area contributed by atoms with E-state index < -0.39 is 0 Å². The van der Waals surface area contributed by atoms with Crippen molar-refractivity contribution in [1.82, 2.24) is 10.3 Å². The van der Waals surface area contributed by atoms with Crippen LogP contribution in [0.25, 0.3) is 0 Å². The van der Waals surface area contributed by atoms with Crippen LogP contribution in [0.2, 0.25) is 0 Å². The first kappa shape index (κ1) is 13.5. The summed E-state index contributed by atoms with van der Waals surface area (Å²) in [5.74, 6) is 0. The van der Waals surface area contributed by atoms with Gasteiger partial charge in [0.25, 0.3) is 0 Å². The van der Waals surface area contributed by atoms with Gasteiger partial charge in [0.05, 0.1) is 0 Å². The molecule has 0 radical (unpaired) electrons. The Morgan fingerprint density at radius 3 is 2.88 bits per heavy atom. The summed E-state index contributed by atoms with van der Waals surface area (Å²) in [5, 5.41) is 13.6. The van der Waals surface area contributed by atoms with Gasteiger partial charge in [-0.05, 0) is 26.5 Å². The molecule has 0 saturated carbocycles. The number of hydrogen-bond acceptors (Lipinski definition) is 4. The minimum absolute atomic E-state index is 0.234. The van der Waals surface area contributed by atoms with E-state index >= 15 is 0 Å². The second kappa shape index (κ2) is 6.89. The molecule has 0 saturated heterocycles. The van der Waals surface area contributed by atoms with Crippen LogP contribution in [0.1, 0.15) is 31.9 Å². The topological polar surface area (TPSA) is 45.2 Å². The van der Waals surface area contributed by atoms with Crippen molar-refractivity contribution in [2.45, 2.75) is 36.6 Å². The number of rotatable bonds is 6. The second-order valence-electron chi connectivity index (χ2n) is 3.85. The molecule has 1 aromatic rings. The summed E-state index contributed by atoms with van der Waals surface area (Å²) in [7, 11) is 1.95. The third-order valence-corrected chi connectivity index (χ3v) is 3.75. The van der Waals surface area contributed by atoms with Crippen LogP contribution in [0.3, 0.4) is 0 Å². The van der Waals surface area contributed by atoms with Crippen molar-refractivity contribution in [1.29, 1.82) is 0 Å². The molecule has 0 aliphatic carbocycles. The zero-order valence-corrected chi connectivity index (χ0v) is 10.9. The van der Waals surface area contributed by atoms with Gasteiger partial charge in [-0.25, -0.2) is 4.98 Å².